The molecule has 0 spiro atoms. The largest absolute Gasteiger partial charge is 0.505 e. The van der Waals surface area contributed by atoms with Gasteiger partial charge in [-0.3, -0.25) is 0 Å². The Bertz CT molecular complexity index is 328. The lowest BCUT2D eigenvalue weighted by Gasteiger charge is -2.13. The van der Waals surface area contributed by atoms with Crippen molar-refractivity contribution < 1.29 is 9.50 Å². The van der Waals surface area contributed by atoms with Crippen molar-refractivity contribution in [3.8, 4) is 5.75 Å². The highest BCUT2D eigenvalue weighted by atomic mass is 19.1. The number of benzene rings is 1. The van der Waals surface area contributed by atoms with Crippen LogP contribution in [0, 0.1) is 12.7 Å². The van der Waals surface area contributed by atoms with Crippen LogP contribution < -0.4 is 11.5 Å². The van der Waals surface area contributed by atoms with E-state index in [0.717, 1.165) is 5.56 Å². The second kappa shape index (κ2) is 4.39. The fourth-order valence-corrected chi connectivity index (χ4v) is 1.38. The molecule has 4 heteroatoms. The number of aryl methyl sites for hydroxylation is 1. The molecule has 1 rings (SSSR count). The van der Waals surface area contributed by atoms with Gasteiger partial charge in [-0.2, -0.15) is 0 Å². The topological polar surface area (TPSA) is 72.3 Å². The van der Waals surface area contributed by atoms with Crippen LogP contribution in [0.1, 0.15) is 23.6 Å². The number of phenols is 1. The van der Waals surface area contributed by atoms with Gasteiger partial charge in [-0.15, -0.1) is 0 Å². The van der Waals surface area contributed by atoms with Crippen LogP contribution in [-0.4, -0.2) is 11.7 Å². The lowest BCUT2D eigenvalue weighted by Crippen LogP contribution is -2.15. The number of hydrogen-bond acceptors (Lipinski definition) is 3. The molecule has 0 aliphatic heterocycles. The molecule has 3 nitrogen and oxygen atoms in total. The first-order chi connectivity index (χ1) is 6.56. The summed E-state index contributed by atoms with van der Waals surface area (Å²) in [7, 11) is 0. The Balaban J connectivity index is 3.07. The Morgan fingerprint density at radius 3 is 2.71 bits per heavy atom. The monoisotopic (exact) mass is 198 g/mol. The molecule has 14 heavy (non-hydrogen) atoms. The van der Waals surface area contributed by atoms with E-state index in [1.165, 1.54) is 6.07 Å². The normalized spacial score (nSPS) is 12.9. The second-order valence-corrected chi connectivity index (χ2v) is 3.37. The lowest BCUT2D eigenvalue weighted by atomic mass is 10.0. The van der Waals surface area contributed by atoms with E-state index in [1.807, 2.05) is 0 Å². The Morgan fingerprint density at radius 2 is 2.14 bits per heavy atom. The van der Waals surface area contributed by atoms with E-state index >= 15 is 0 Å². The molecule has 0 amide bonds. The maximum atomic E-state index is 13.1. The van der Waals surface area contributed by atoms with Crippen molar-refractivity contribution in [2.45, 2.75) is 19.4 Å². The molecule has 1 aromatic carbocycles. The highest BCUT2D eigenvalue weighted by Gasteiger charge is 2.14. The number of phenolic OH excluding ortho intramolecular Hbond substituents is 1. The summed E-state index contributed by atoms with van der Waals surface area (Å²) in [6, 6.07) is 2.54. The first-order valence-electron chi connectivity index (χ1n) is 4.51. The number of hydrogen-bond donors (Lipinski definition) is 3. The molecule has 5 N–H and O–H groups in total. The summed E-state index contributed by atoms with van der Waals surface area (Å²) < 4.78 is 13.1. The standard InChI is InChI=1S/C10H15FN2O/c1-6-4-7(9(13)2-3-12)10(14)8(11)5-6/h4-5,9,14H,2-3,12-13H2,1H3/t9-/m1/s1. The molecule has 0 aliphatic carbocycles. The summed E-state index contributed by atoms with van der Waals surface area (Å²) >= 11 is 0. The third kappa shape index (κ3) is 2.21. The predicted molar refractivity (Wildman–Crippen MR) is 53.4 cm³/mol. The highest BCUT2D eigenvalue weighted by Crippen LogP contribution is 2.28. The molecule has 1 atom stereocenters. The molecular formula is C10H15FN2O. The molecule has 0 heterocycles. The van der Waals surface area contributed by atoms with E-state index in [4.69, 9.17) is 11.5 Å². The summed E-state index contributed by atoms with van der Waals surface area (Å²) in [6.45, 7) is 2.16. The minimum Gasteiger partial charge on any atom is -0.505 e. The third-order valence-corrected chi connectivity index (χ3v) is 2.11. The van der Waals surface area contributed by atoms with Crippen molar-refractivity contribution >= 4 is 0 Å². The molecular weight excluding hydrogens is 183 g/mol. The second-order valence-electron chi connectivity index (χ2n) is 3.37. The van der Waals surface area contributed by atoms with Crippen molar-refractivity contribution in [2.75, 3.05) is 6.54 Å². The zero-order valence-corrected chi connectivity index (χ0v) is 8.13. The minimum atomic E-state index is -0.632. The zero-order valence-electron chi connectivity index (χ0n) is 8.13. The summed E-state index contributed by atoms with van der Waals surface area (Å²) in [5.41, 5.74) is 12.2. The quantitative estimate of drug-likeness (QED) is 0.683. The molecule has 0 aliphatic rings. The van der Waals surface area contributed by atoms with Gasteiger partial charge in [-0.05, 0) is 31.5 Å². The van der Waals surface area contributed by atoms with Gasteiger partial charge in [0.15, 0.2) is 11.6 Å². The maximum absolute atomic E-state index is 13.1. The van der Waals surface area contributed by atoms with E-state index in [-0.39, 0.29) is 5.75 Å². The highest BCUT2D eigenvalue weighted by molar-refractivity contribution is 5.39. The third-order valence-electron chi connectivity index (χ3n) is 2.11. The fourth-order valence-electron chi connectivity index (χ4n) is 1.38. The minimum absolute atomic E-state index is 0.364. The number of halogens is 1. The van der Waals surface area contributed by atoms with Gasteiger partial charge in [0.05, 0.1) is 0 Å². The average molecular weight is 198 g/mol. The van der Waals surface area contributed by atoms with E-state index in [0.29, 0.717) is 18.5 Å². The molecule has 0 saturated carbocycles. The van der Waals surface area contributed by atoms with Gasteiger partial charge in [-0.25, -0.2) is 4.39 Å². The van der Waals surface area contributed by atoms with Crippen molar-refractivity contribution in [3.05, 3.63) is 29.1 Å². The van der Waals surface area contributed by atoms with Gasteiger partial charge in [0.1, 0.15) is 0 Å². The Hall–Kier alpha value is -1.13. The molecule has 0 unspecified atom stereocenters. The van der Waals surface area contributed by atoms with Crippen LogP contribution in [0.25, 0.3) is 0 Å². The average Bonchev–Trinajstić information content (AvgIpc) is 2.11. The van der Waals surface area contributed by atoms with E-state index < -0.39 is 11.9 Å². The van der Waals surface area contributed by atoms with Crippen LogP contribution in [-0.2, 0) is 0 Å². The van der Waals surface area contributed by atoms with Crippen LogP contribution in [0.5, 0.6) is 5.75 Å². The zero-order chi connectivity index (χ0) is 10.7. The van der Waals surface area contributed by atoms with Gasteiger partial charge < -0.3 is 16.6 Å². The molecule has 0 saturated heterocycles. The Labute approximate surface area is 82.5 Å². The fraction of sp³-hybridized carbons (Fsp3) is 0.400. The Morgan fingerprint density at radius 1 is 1.50 bits per heavy atom. The molecule has 78 valence electrons. The summed E-state index contributed by atoms with van der Waals surface area (Å²) in [6.07, 6.45) is 0.524. The summed E-state index contributed by atoms with van der Waals surface area (Å²) in [5, 5.41) is 9.42. The van der Waals surface area contributed by atoms with E-state index in [9.17, 15) is 9.50 Å². The van der Waals surface area contributed by atoms with Gasteiger partial charge in [0.2, 0.25) is 0 Å². The van der Waals surface area contributed by atoms with Gasteiger partial charge in [-0.1, -0.05) is 6.07 Å². The van der Waals surface area contributed by atoms with Gasteiger partial charge in [0, 0.05) is 11.6 Å². The molecule has 0 radical (unpaired) electrons. The van der Waals surface area contributed by atoms with E-state index in [1.54, 1.807) is 13.0 Å². The van der Waals surface area contributed by atoms with Crippen molar-refractivity contribution in [1.82, 2.24) is 0 Å². The summed E-state index contributed by atoms with van der Waals surface area (Å²) in [5.74, 6) is -0.996. The molecule has 0 aromatic heterocycles. The van der Waals surface area contributed by atoms with Crippen molar-refractivity contribution in [2.24, 2.45) is 11.5 Å². The molecule has 0 fully saturated rings. The molecule has 1 aromatic rings. The van der Waals surface area contributed by atoms with Crippen molar-refractivity contribution in [3.63, 3.8) is 0 Å². The number of rotatable bonds is 3. The van der Waals surface area contributed by atoms with Gasteiger partial charge in [0.25, 0.3) is 0 Å². The first-order valence-corrected chi connectivity index (χ1v) is 4.51. The first kappa shape index (κ1) is 10.9. The number of nitrogens with two attached hydrogens (primary N) is 2. The summed E-state index contributed by atoms with van der Waals surface area (Å²) in [4.78, 5) is 0. The van der Waals surface area contributed by atoms with Crippen LogP contribution in [0.3, 0.4) is 0 Å². The van der Waals surface area contributed by atoms with Crippen LogP contribution >= 0.6 is 0 Å². The lowest BCUT2D eigenvalue weighted by molar-refractivity contribution is 0.418. The maximum Gasteiger partial charge on any atom is 0.165 e. The van der Waals surface area contributed by atoms with Crippen LogP contribution in [0.4, 0.5) is 4.39 Å². The van der Waals surface area contributed by atoms with Crippen molar-refractivity contribution in [1.29, 1.82) is 0 Å². The Kier molecular flexibility index (Phi) is 3.43. The van der Waals surface area contributed by atoms with E-state index in [2.05, 4.69) is 0 Å². The SMILES string of the molecule is Cc1cc(F)c(O)c([C@H](N)CCN)c1. The van der Waals surface area contributed by atoms with Gasteiger partial charge >= 0.3 is 0 Å². The predicted octanol–water partition coefficient (Wildman–Crippen LogP) is 1.19. The molecule has 0 bridgehead atoms. The van der Waals surface area contributed by atoms with Crippen LogP contribution in [0.15, 0.2) is 12.1 Å². The van der Waals surface area contributed by atoms with Crippen LogP contribution in [0.2, 0.25) is 0 Å². The smallest absolute Gasteiger partial charge is 0.165 e. The number of aromatic hydroxyl groups is 1.